The molecule has 30 heavy (non-hydrogen) atoms. The number of para-hydroxylation sites is 1. The molecular weight excluding hydrogens is 398 g/mol. The molecule has 0 radical (unpaired) electrons. The molecule has 1 aliphatic carbocycles. The third-order valence-electron chi connectivity index (χ3n) is 5.86. The maximum atomic E-state index is 13.0. The zero-order chi connectivity index (χ0) is 20.9. The van der Waals surface area contributed by atoms with Gasteiger partial charge in [-0.05, 0) is 37.3 Å². The molecule has 1 amide bonds. The first-order valence-corrected chi connectivity index (χ1v) is 11.9. The van der Waals surface area contributed by atoms with Crippen LogP contribution < -0.4 is 10.9 Å². The molecule has 2 heterocycles. The standard InChI is InChI=1S/C22H29N5O2S/c1-2-3-13-26-20(29)17-11-7-8-12-18(17)27-21(26)24-25-22(27)30-15-19(28)23-14-16-9-5-4-6-10-16/h7-8,11-12,16H,2-6,9-10,13-15H2,1H3,(H,23,28). The number of nitrogens with zero attached hydrogens (tertiary/aromatic N) is 4. The van der Waals surface area contributed by atoms with Crippen molar-refractivity contribution in [1.29, 1.82) is 0 Å². The number of benzene rings is 1. The quantitative estimate of drug-likeness (QED) is 0.555. The summed E-state index contributed by atoms with van der Waals surface area (Å²) < 4.78 is 3.61. The molecular formula is C22H29N5O2S. The summed E-state index contributed by atoms with van der Waals surface area (Å²) in [4.78, 5) is 25.4. The first-order valence-electron chi connectivity index (χ1n) is 10.9. The fourth-order valence-electron chi connectivity index (χ4n) is 4.18. The molecule has 0 bridgehead atoms. The second kappa shape index (κ2) is 9.64. The van der Waals surface area contributed by atoms with Gasteiger partial charge in [-0.2, -0.15) is 0 Å². The van der Waals surface area contributed by atoms with E-state index in [0.29, 0.717) is 28.8 Å². The van der Waals surface area contributed by atoms with Crippen LogP contribution in [-0.2, 0) is 11.3 Å². The van der Waals surface area contributed by atoms with Crippen LogP contribution in [0.4, 0.5) is 0 Å². The Hall–Kier alpha value is -2.35. The van der Waals surface area contributed by atoms with E-state index in [1.54, 1.807) is 4.57 Å². The lowest BCUT2D eigenvalue weighted by molar-refractivity contribution is -0.118. The number of carbonyl (C=O) groups excluding carboxylic acids is 1. The van der Waals surface area contributed by atoms with Gasteiger partial charge in [-0.1, -0.05) is 56.5 Å². The van der Waals surface area contributed by atoms with Gasteiger partial charge < -0.3 is 5.32 Å². The summed E-state index contributed by atoms with van der Waals surface area (Å²) in [7, 11) is 0. The number of hydrogen-bond donors (Lipinski definition) is 1. The van der Waals surface area contributed by atoms with Gasteiger partial charge in [0.15, 0.2) is 5.16 Å². The normalized spacial score (nSPS) is 15.1. The Balaban J connectivity index is 1.55. The lowest BCUT2D eigenvalue weighted by Gasteiger charge is -2.21. The second-order valence-electron chi connectivity index (χ2n) is 8.04. The summed E-state index contributed by atoms with van der Waals surface area (Å²) in [5, 5.41) is 13.0. The Labute approximate surface area is 180 Å². The van der Waals surface area contributed by atoms with Crippen LogP contribution in [-0.4, -0.2) is 37.4 Å². The minimum Gasteiger partial charge on any atom is -0.355 e. The molecule has 8 heteroatoms. The van der Waals surface area contributed by atoms with E-state index < -0.39 is 0 Å². The molecule has 0 spiro atoms. The third kappa shape index (κ3) is 4.38. The number of nitrogens with one attached hydrogen (secondary N) is 1. The summed E-state index contributed by atoms with van der Waals surface area (Å²) in [6, 6.07) is 7.52. The summed E-state index contributed by atoms with van der Waals surface area (Å²) in [5.74, 6) is 1.46. The smallest absolute Gasteiger partial charge is 0.262 e. The van der Waals surface area contributed by atoms with Crippen LogP contribution in [0.2, 0.25) is 0 Å². The zero-order valence-electron chi connectivity index (χ0n) is 17.5. The van der Waals surface area contributed by atoms with Crippen LogP contribution in [0.25, 0.3) is 16.7 Å². The maximum Gasteiger partial charge on any atom is 0.262 e. The molecule has 160 valence electrons. The Morgan fingerprint density at radius 3 is 2.80 bits per heavy atom. The van der Waals surface area contributed by atoms with Crippen molar-refractivity contribution in [1.82, 2.24) is 24.5 Å². The SMILES string of the molecule is CCCCn1c(=O)c2ccccc2n2c(SCC(=O)NCC3CCCCC3)nnc12. The molecule has 0 saturated heterocycles. The Bertz CT molecular complexity index is 1080. The highest BCUT2D eigenvalue weighted by atomic mass is 32.2. The Morgan fingerprint density at radius 1 is 1.20 bits per heavy atom. The van der Waals surface area contributed by atoms with Gasteiger partial charge in [-0.3, -0.25) is 18.6 Å². The van der Waals surface area contributed by atoms with E-state index in [2.05, 4.69) is 22.4 Å². The highest BCUT2D eigenvalue weighted by Crippen LogP contribution is 2.24. The van der Waals surface area contributed by atoms with Gasteiger partial charge in [-0.15, -0.1) is 10.2 Å². The first kappa shape index (κ1) is 20.9. The highest BCUT2D eigenvalue weighted by Gasteiger charge is 2.18. The van der Waals surface area contributed by atoms with Crippen molar-refractivity contribution in [2.75, 3.05) is 12.3 Å². The molecule has 1 fully saturated rings. The third-order valence-corrected chi connectivity index (χ3v) is 6.79. The summed E-state index contributed by atoms with van der Waals surface area (Å²) in [5.41, 5.74) is 0.737. The van der Waals surface area contributed by atoms with Gasteiger partial charge in [0, 0.05) is 13.1 Å². The van der Waals surface area contributed by atoms with Gasteiger partial charge in [0.1, 0.15) is 0 Å². The predicted octanol–water partition coefficient (Wildman–Crippen LogP) is 3.63. The molecule has 1 aromatic carbocycles. The summed E-state index contributed by atoms with van der Waals surface area (Å²) >= 11 is 1.37. The maximum absolute atomic E-state index is 13.0. The summed E-state index contributed by atoms with van der Waals surface area (Å²) in [6.07, 6.45) is 8.17. The summed E-state index contributed by atoms with van der Waals surface area (Å²) in [6.45, 7) is 3.47. The van der Waals surface area contributed by atoms with E-state index in [1.165, 1.54) is 43.9 Å². The second-order valence-corrected chi connectivity index (χ2v) is 8.98. The predicted molar refractivity (Wildman–Crippen MR) is 120 cm³/mol. The van der Waals surface area contributed by atoms with Gasteiger partial charge in [0.05, 0.1) is 16.7 Å². The van der Waals surface area contributed by atoms with Crippen molar-refractivity contribution in [2.45, 2.75) is 63.6 Å². The molecule has 4 rings (SSSR count). The molecule has 7 nitrogen and oxygen atoms in total. The van der Waals surface area contributed by atoms with Gasteiger partial charge in [-0.25, -0.2) is 0 Å². The van der Waals surface area contributed by atoms with Crippen LogP contribution in [0.3, 0.4) is 0 Å². The Kier molecular flexibility index (Phi) is 6.72. The Morgan fingerprint density at radius 2 is 2.00 bits per heavy atom. The topological polar surface area (TPSA) is 81.3 Å². The minimum atomic E-state index is -0.0410. The number of unbranched alkanes of at least 4 members (excludes halogenated alkanes) is 1. The molecule has 0 atom stereocenters. The van der Waals surface area contributed by atoms with Crippen LogP contribution in [0.1, 0.15) is 51.9 Å². The average Bonchev–Trinajstić information content (AvgIpc) is 3.21. The molecule has 3 aromatic rings. The van der Waals surface area contributed by atoms with E-state index in [4.69, 9.17) is 0 Å². The van der Waals surface area contributed by atoms with Gasteiger partial charge >= 0.3 is 0 Å². The van der Waals surface area contributed by atoms with Crippen molar-refractivity contribution in [3.63, 3.8) is 0 Å². The first-order chi connectivity index (χ1) is 14.7. The minimum absolute atomic E-state index is 0.0194. The number of thioether (sulfide) groups is 1. The number of amides is 1. The van der Waals surface area contributed by atoms with E-state index >= 15 is 0 Å². The molecule has 1 saturated carbocycles. The van der Waals surface area contributed by atoms with Crippen LogP contribution in [0, 0.1) is 5.92 Å². The van der Waals surface area contributed by atoms with Gasteiger partial charge in [0.25, 0.3) is 5.56 Å². The van der Waals surface area contributed by atoms with E-state index in [-0.39, 0.29) is 17.2 Å². The largest absolute Gasteiger partial charge is 0.355 e. The monoisotopic (exact) mass is 427 g/mol. The lowest BCUT2D eigenvalue weighted by atomic mass is 9.89. The van der Waals surface area contributed by atoms with Crippen molar-refractivity contribution in [2.24, 2.45) is 5.92 Å². The number of rotatable bonds is 8. The van der Waals surface area contributed by atoms with Crippen molar-refractivity contribution in [3.8, 4) is 0 Å². The molecule has 0 unspecified atom stereocenters. The van der Waals surface area contributed by atoms with Crippen LogP contribution in [0.5, 0.6) is 0 Å². The molecule has 2 aromatic heterocycles. The van der Waals surface area contributed by atoms with Crippen molar-refractivity contribution < 1.29 is 4.79 Å². The number of fused-ring (bicyclic) bond motifs is 3. The molecule has 1 N–H and O–H groups in total. The van der Waals surface area contributed by atoms with E-state index in [9.17, 15) is 9.59 Å². The molecule has 0 aliphatic heterocycles. The number of aryl methyl sites for hydroxylation is 1. The zero-order valence-corrected chi connectivity index (χ0v) is 18.3. The molecule has 1 aliphatic rings. The van der Waals surface area contributed by atoms with Gasteiger partial charge in [0.2, 0.25) is 11.7 Å². The number of hydrogen-bond acceptors (Lipinski definition) is 5. The number of carbonyl (C=O) groups is 1. The average molecular weight is 428 g/mol. The fraction of sp³-hybridized carbons (Fsp3) is 0.545. The number of aromatic nitrogens is 4. The van der Waals surface area contributed by atoms with E-state index in [0.717, 1.165) is 24.9 Å². The van der Waals surface area contributed by atoms with Crippen molar-refractivity contribution in [3.05, 3.63) is 34.6 Å². The highest BCUT2D eigenvalue weighted by molar-refractivity contribution is 7.99. The van der Waals surface area contributed by atoms with Crippen molar-refractivity contribution >= 4 is 34.3 Å². The lowest BCUT2D eigenvalue weighted by Crippen LogP contribution is -2.31. The van der Waals surface area contributed by atoms with Crippen LogP contribution in [0.15, 0.2) is 34.2 Å². The van der Waals surface area contributed by atoms with Crippen LogP contribution >= 0.6 is 11.8 Å². The van der Waals surface area contributed by atoms with E-state index in [1.807, 2.05) is 28.7 Å². The fourth-order valence-corrected chi connectivity index (χ4v) is 4.95.